The van der Waals surface area contributed by atoms with Crippen molar-refractivity contribution < 1.29 is 19.6 Å². The Morgan fingerprint density at radius 1 is 1.38 bits per heavy atom. The van der Waals surface area contributed by atoms with Gasteiger partial charge in [0.25, 0.3) is 11.6 Å². The molecule has 0 spiro atoms. The summed E-state index contributed by atoms with van der Waals surface area (Å²) in [5.41, 5.74) is 0.586. The molecule has 1 saturated heterocycles. The first kappa shape index (κ1) is 15.0. The van der Waals surface area contributed by atoms with Crippen LogP contribution in [0.25, 0.3) is 0 Å². The molecule has 112 valence electrons. The van der Waals surface area contributed by atoms with E-state index in [0.29, 0.717) is 12.1 Å². The second-order valence-electron chi connectivity index (χ2n) is 5.39. The van der Waals surface area contributed by atoms with E-state index < -0.39 is 16.8 Å². The van der Waals surface area contributed by atoms with Gasteiger partial charge in [0.05, 0.1) is 10.8 Å². The third-order valence-electron chi connectivity index (χ3n) is 3.87. The third kappa shape index (κ3) is 2.86. The van der Waals surface area contributed by atoms with Crippen LogP contribution >= 0.6 is 0 Å². The zero-order valence-electron chi connectivity index (χ0n) is 11.8. The van der Waals surface area contributed by atoms with Gasteiger partial charge in [-0.3, -0.25) is 19.7 Å². The third-order valence-corrected chi connectivity index (χ3v) is 3.87. The molecule has 0 aromatic heterocycles. The Kier molecular flexibility index (Phi) is 3.93. The maximum atomic E-state index is 12.4. The van der Waals surface area contributed by atoms with Crippen LogP contribution in [0.2, 0.25) is 0 Å². The van der Waals surface area contributed by atoms with Crippen molar-refractivity contribution >= 4 is 17.6 Å². The van der Waals surface area contributed by atoms with Crippen LogP contribution in [-0.4, -0.2) is 39.9 Å². The van der Waals surface area contributed by atoms with Gasteiger partial charge in [-0.2, -0.15) is 0 Å². The lowest BCUT2D eigenvalue weighted by Gasteiger charge is -2.16. The second kappa shape index (κ2) is 5.51. The molecule has 2 atom stereocenters. The molecule has 0 bridgehead atoms. The zero-order valence-corrected chi connectivity index (χ0v) is 11.8. The van der Waals surface area contributed by atoms with Crippen molar-refractivity contribution in [3.8, 4) is 0 Å². The minimum absolute atomic E-state index is 0.108. The Hall–Kier alpha value is -2.44. The number of nitro benzene ring substituents is 1. The van der Waals surface area contributed by atoms with Crippen molar-refractivity contribution in [3.63, 3.8) is 0 Å². The van der Waals surface area contributed by atoms with E-state index in [2.05, 4.69) is 0 Å². The minimum atomic E-state index is -0.923. The lowest BCUT2D eigenvalue weighted by molar-refractivity contribution is -0.385. The van der Waals surface area contributed by atoms with Crippen molar-refractivity contribution in [2.45, 2.75) is 13.8 Å². The fourth-order valence-corrected chi connectivity index (χ4v) is 2.58. The average Bonchev–Trinajstić information content (AvgIpc) is 2.80. The standard InChI is InChI=1S/C14H16N2O5/c1-8-3-4-10(5-12(8)16(20)21)13(17)15-6-9(2)11(7-15)14(18)19/h3-5,9,11H,6-7H2,1-2H3,(H,18,19)/t9-,11-/m1/s1. The summed E-state index contributed by atoms with van der Waals surface area (Å²) in [5.74, 6) is -2.01. The highest BCUT2D eigenvalue weighted by Gasteiger charge is 2.37. The summed E-state index contributed by atoms with van der Waals surface area (Å²) in [6.07, 6.45) is 0. The first-order chi connectivity index (χ1) is 9.81. The summed E-state index contributed by atoms with van der Waals surface area (Å²) in [6, 6.07) is 4.30. The lowest BCUT2D eigenvalue weighted by atomic mass is 9.99. The molecule has 7 heteroatoms. The van der Waals surface area contributed by atoms with Crippen molar-refractivity contribution in [2.75, 3.05) is 13.1 Å². The van der Waals surface area contributed by atoms with Gasteiger partial charge in [0.1, 0.15) is 0 Å². The van der Waals surface area contributed by atoms with Crippen molar-refractivity contribution in [1.29, 1.82) is 0 Å². The first-order valence-corrected chi connectivity index (χ1v) is 6.58. The van der Waals surface area contributed by atoms with Crippen LogP contribution in [0, 0.1) is 28.9 Å². The highest BCUT2D eigenvalue weighted by Crippen LogP contribution is 2.26. The van der Waals surface area contributed by atoms with Crippen LogP contribution in [0.3, 0.4) is 0 Å². The van der Waals surface area contributed by atoms with E-state index in [9.17, 15) is 19.7 Å². The van der Waals surface area contributed by atoms with E-state index in [1.54, 1.807) is 13.8 Å². The number of aliphatic carboxylic acids is 1. The van der Waals surface area contributed by atoms with E-state index >= 15 is 0 Å². The minimum Gasteiger partial charge on any atom is -0.481 e. The number of nitrogens with zero attached hydrogens (tertiary/aromatic N) is 2. The van der Waals surface area contributed by atoms with E-state index in [1.807, 2.05) is 0 Å². The van der Waals surface area contributed by atoms with E-state index in [1.165, 1.54) is 23.1 Å². The number of rotatable bonds is 3. The molecule has 1 aromatic carbocycles. The SMILES string of the molecule is Cc1ccc(C(=O)N2C[C@@H](C)[C@H](C(=O)O)C2)cc1[N+](=O)[O-]. The highest BCUT2D eigenvalue weighted by atomic mass is 16.6. The van der Waals surface area contributed by atoms with Crippen LogP contribution in [-0.2, 0) is 4.79 Å². The number of carboxylic acids is 1. The average molecular weight is 292 g/mol. The number of aryl methyl sites for hydroxylation is 1. The summed E-state index contributed by atoms with van der Waals surface area (Å²) in [5, 5.41) is 20.0. The van der Waals surface area contributed by atoms with Crippen molar-refractivity contribution in [1.82, 2.24) is 4.90 Å². The zero-order chi connectivity index (χ0) is 15.7. The van der Waals surface area contributed by atoms with E-state index in [0.717, 1.165) is 0 Å². The second-order valence-corrected chi connectivity index (χ2v) is 5.39. The number of benzene rings is 1. The predicted octanol–water partition coefficient (Wildman–Crippen LogP) is 1.70. The van der Waals surface area contributed by atoms with Gasteiger partial charge >= 0.3 is 5.97 Å². The maximum absolute atomic E-state index is 12.4. The number of nitro groups is 1. The molecular weight excluding hydrogens is 276 g/mol. The van der Waals surface area contributed by atoms with Crippen molar-refractivity contribution in [3.05, 3.63) is 39.4 Å². The summed E-state index contributed by atoms with van der Waals surface area (Å²) in [6.45, 7) is 3.86. The number of carbonyl (C=O) groups excluding carboxylic acids is 1. The topological polar surface area (TPSA) is 101 Å². The van der Waals surface area contributed by atoms with Gasteiger partial charge in [-0.25, -0.2) is 0 Å². The van der Waals surface area contributed by atoms with Gasteiger partial charge in [-0.15, -0.1) is 0 Å². The van der Waals surface area contributed by atoms with Gasteiger partial charge in [0.2, 0.25) is 0 Å². The first-order valence-electron chi connectivity index (χ1n) is 6.58. The van der Waals surface area contributed by atoms with E-state index in [4.69, 9.17) is 5.11 Å². The molecule has 0 aliphatic carbocycles. The van der Waals surface area contributed by atoms with Gasteiger partial charge in [0, 0.05) is 30.3 Å². The van der Waals surface area contributed by atoms with Crippen molar-refractivity contribution in [2.24, 2.45) is 11.8 Å². The Balaban J connectivity index is 2.24. The molecule has 1 amide bonds. The molecule has 7 nitrogen and oxygen atoms in total. The normalized spacial score (nSPS) is 21.3. The molecule has 1 heterocycles. The number of hydrogen-bond donors (Lipinski definition) is 1. The quantitative estimate of drug-likeness (QED) is 0.675. The smallest absolute Gasteiger partial charge is 0.308 e. The largest absolute Gasteiger partial charge is 0.481 e. The summed E-state index contributed by atoms with van der Waals surface area (Å²) < 4.78 is 0. The highest BCUT2D eigenvalue weighted by molar-refractivity contribution is 5.95. The van der Waals surface area contributed by atoms with Crippen LogP contribution in [0.5, 0.6) is 0 Å². The Morgan fingerprint density at radius 2 is 2.05 bits per heavy atom. The van der Waals surface area contributed by atoms with Gasteiger partial charge in [0.15, 0.2) is 0 Å². The molecule has 1 aliphatic heterocycles. The number of amides is 1. The van der Waals surface area contributed by atoms with Gasteiger partial charge < -0.3 is 10.0 Å². The number of carboxylic acid groups (broad SMARTS) is 1. The summed E-state index contributed by atoms with van der Waals surface area (Å²) in [7, 11) is 0. The molecule has 1 aliphatic rings. The lowest BCUT2D eigenvalue weighted by Crippen LogP contribution is -2.30. The van der Waals surface area contributed by atoms with Crippen LogP contribution in [0.15, 0.2) is 18.2 Å². The summed E-state index contributed by atoms with van der Waals surface area (Å²) >= 11 is 0. The predicted molar refractivity (Wildman–Crippen MR) is 74.0 cm³/mol. The molecular formula is C14H16N2O5. The number of carbonyl (C=O) groups is 2. The van der Waals surface area contributed by atoms with Gasteiger partial charge in [-0.05, 0) is 18.9 Å². The van der Waals surface area contributed by atoms with Crippen LogP contribution in [0.1, 0.15) is 22.8 Å². The fraction of sp³-hybridized carbons (Fsp3) is 0.429. The monoisotopic (exact) mass is 292 g/mol. The molecule has 0 unspecified atom stereocenters. The molecule has 1 fully saturated rings. The van der Waals surface area contributed by atoms with E-state index in [-0.39, 0.29) is 29.6 Å². The number of hydrogen-bond acceptors (Lipinski definition) is 4. The van der Waals surface area contributed by atoms with Crippen LogP contribution in [0.4, 0.5) is 5.69 Å². The Bertz CT molecular complexity index is 613. The molecule has 21 heavy (non-hydrogen) atoms. The Labute approximate surface area is 121 Å². The molecule has 1 aromatic rings. The maximum Gasteiger partial charge on any atom is 0.308 e. The van der Waals surface area contributed by atoms with Gasteiger partial charge in [-0.1, -0.05) is 13.0 Å². The number of likely N-dealkylation sites (tertiary alicyclic amines) is 1. The molecule has 2 rings (SSSR count). The molecule has 1 N–H and O–H groups in total. The fourth-order valence-electron chi connectivity index (χ4n) is 2.58. The molecule has 0 saturated carbocycles. The molecule has 0 radical (unpaired) electrons. The summed E-state index contributed by atoms with van der Waals surface area (Å²) in [4.78, 5) is 35.3. The Morgan fingerprint density at radius 3 is 2.57 bits per heavy atom. The van der Waals surface area contributed by atoms with Crippen LogP contribution < -0.4 is 0 Å².